The molecule has 3 aromatic rings. The van der Waals surface area contributed by atoms with Crippen molar-refractivity contribution in [3.63, 3.8) is 0 Å². The summed E-state index contributed by atoms with van der Waals surface area (Å²) < 4.78 is 0. The number of ketones is 1. The average Bonchev–Trinajstić information content (AvgIpc) is 2.70. The molecule has 0 atom stereocenters. The number of Topliss-reactive ketones (excluding diaryl/α,β-unsaturated/α-hetero) is 1. The lowest BCUT2D eigenvalue weighted by Gasteiger charge is -2.12. The third-order valence-electron chi connectivity index (χ3n) is 4.01. The van der Waals surface area contributed by atoms with E-state index in [4.69, 9.17) is 35.4 Å². The zero-order valence-electron chi connectivity index (χ0n) is 15.5. The van der Waals surface area contributed by atoms with Crippen molar-refractivity contribution in [1.29, 1.82) is 0 Å². The molecule has 0 amide bonds. The van der Waals surface area contributed by atoms with E-state index >= 15 is 0 Å². The molecule has 2 N–H and O–H groups in total. The topological polar surface area (TPSA) is 41.1 Å². The zero-order chi connectivity index (χ0) is 20.8. The number of anilines is 2. The quantitative estimate of drug-likeness (QED) is 0.233. The molecule has 0 saturated carbocycles. The van der Waals surface area contributed by atoms with Gasteiger partial charge in [-0.3, -0.25) is 4.79 Å². The highest BCUT2D eigenvalue weighted by Gasteiger charge is 2.09. The minimum atomic E-state index is -0.0107. The minimum Gasteiger partial charge on any atom is -0.332 e. The van der Waals surface area contributed by atoms with Crippen LogP contribution < -0.4 is 10.6 Å². The van der Waals surface area contributed by atoms with Crippen LogP contribution in [0.15, 0.2) is 71.6 Å². The van der Waals surface area contributed by atoms with Crippen LogP contribution in [0.5, 0.6) is 0 Å². The lowest BCUT2D eigenvalue weighted by Crippen LogP contribution is -2.18. The second-order valence-corrected chi connectivity index (χ2v) is 8.59. The highest BCUT2D eigenvalue weighted by molar-refractivity contribution is 8.00. The van der Waals surface area contributed by atoms with E-state index in [0.717, 1.165) is 16.3 Å². The van der Waals surface area contributed by atoms with Gasteiger partial charge in [0.25, 0.3) is 0 Å². The molecule has 0 saturated heterocycles. The molecular weight excluding hydrogens is 443 g/mol. The molecule has 0 aliphatic carbocycles. The molecule has 0 aromatic heterocycles. The maximum atomic E-state index is 12.4. The first-order chi connectivity index (χ1) is 13.9. The number of hydrogen-bond acceptors (Lipinski definition) is 3. The van der Waals surface area contributed by atoms with Crippen LogP contribution in [0, 0.1) is 6.92 Å². The van der Waals surface area contributed by atoms with Crippen molar-refractivity contribution in [2.45, 2.75) is 11.8 Å². The second-order valence-electron chi connectivity index (χ2n) is 6.31. The Morgan fingerprint density at radius 2 is 1.66 bits per heavy atom. The van der Waals surface area contributed by atoms with Crippen molar-refractivity contribution in [3.8, 4) is 0 Å². The summed E-state index contributed by atoms with van der Waals surface area (Å²) >= 11 is 18.7. The summed E-state index contributed by atoms with van der Waals surface area (Å²) in [5.74, 6) is 0.288. The Balaban J connectivity index is 1.57. The molecule has 3 rings (SSSR count). The van der Waals surface area contributed by atoms with Crippen molar-refractivity contribution in [2.24, 2.45) is 0 Å². The van der Waals surface area contributed by atoms with E-state index in [0.29, 0.717) is 26.5 Å². The van der Waals surface area contributed by atoms with Gasteiger partial charge in [-0.05, 0) is 67.7 Å². The molecule has 0 bridgehead atoms. The van der Waals surface area contributed by atoms with Gasteiger partial charge in [0.1, 0.15) is 0 Å². The molecule has 3 nitrogen and oxygen atoms in total. The van der Waals surface area contributed by atoms with Gasteiger partial charge in [0.05, 0.1) is 15.8 Å². The van der Waals surface area contributed by atoms with Crippen molar-refractivity contribution < 1.29 is 4.79 Å². The lowest BCUT2D eigenvalue weighted by atomic mass is 10.1. The molecule has 29 heavy (non-hydrogen) atoms. The number of thiocarbonyl (C=S) groups is 1. The summed E-state index contributed by atoms with van der Waals surface area (Å²) in [4.78, 5) is 13.4. The third kappa shape index (κ3) is 6.47. The van der Waals surface area contributed by atoms with E-state index in [2.05, 4.69) is 10.6 Å². The Morgan fingerprint density at radius 3 is 2.38 bits per heavy atom. The summed E-state index contributed by atoms with van der Waals surface area (Å²) in [7, 11) is 0. The standard InChI is InChI=1S/C22H18Cl2N2OS2/c1-14-5-8-16(9-6-14)25-22(28)26-17-3-2-4-18(12-17)29-13-21(27)15-7-10-19(23)20(24)11-15/h2-12H,13H2,1H3,(H2,25,26,28). The van der Waals surface area contributed by atoms with Crippen LogP contribution in [0.2, 0.25) is 10.0 Å². The number of rotatable bonds is 6. The van der Waals surface area contributed by atoms with Crippen molar-refractivity contribution in [2.75, 3.05) is 16.4 Å². The summed E-state index contributed by atoms with van der Waals surface area (Å²) in [5.41, 5.74) is 3.51. The number of carbonyl (C=O) groups is 1. The number of thioether (sulfide) groups is 1. The van der Waals surface area contributed by atoms with Gasteiger partial charge in [0.15, 0.2) is 10.9 Å². The van der Waals surface area contributed by atoms with Crippen LogP contribution in [-0.4, -0.2) is 16.6 Å². The van der Waals surface area contributed by atoms with Crippen LogP contribution in [0.25, 0.3) is 0 Å². The minimum absolute atomic E-state index is 0.0107. The van der Waals surface area contributed by atoms with Crippen LogP contribution >= 0.6 is 47.2 Å². The summed E-state index contributed by atoms with van der Waals surface area (Å²) in [5, 5.41) is 7.64. The molecule has 0 unspecified atom stereocenters. The maximum absolute atomic E-state index is 12.4. The molecule has 0 fully saturated rings. The molecule has 0 spiro atoms. The molecular formula is C22H18Cl2N2OS2. The number of aryl methyl sites for hydroxylation is 1. The van der Waals surface area contributed by atoms with E-state index in [9.17, 15) is 4.79 Å². The second kappa shape index (κ2) is 10.1. The highest BCUT2D eigenvalue weighted by atomic mass is 35.5. The summed E-state index contributed by atoms with van der Waals surface area (Å²) in [6, 6.07) is 20.7. The average molecular weight is 461 g/mol. The van der Waals surface area contributed by atoms with Gasteiger partial charge in [-0.15, -0.1) is 11.8 Å². The Hall–Kier alpha value is -2.05. The van der Waals surface area contributed by atoms with E-state index in [1.807, 2.05) is 55.5 Å². The monoisotopic (exact) mass is 460 g/mol. The van der Waals surface area contributed by atoms with Gasteiger partial charge >= 0.3 is 0 Å². The fraction of sp³-hybridized carbons (Fsp3) is 0.0909. The number of hydrogen-bond donors (Lipinski definition) is 2. The first-order valence-corrected chi connectivity index (χ1v) is 10.9. The maximum Gasteiger partial charge on any atom is 0.175 e. The van der Waals surface area contributed by atoms with E-state index < -0.39 is 0 Å². The smallest absolute Gasteiger partial charge is 0.175 e. The SMILES string of the molecule is Cc1ccc(NC(=S)Nc2cccc(SCC(=O)c3ccc(Cl)c(Cl)c3)c2)cc1. The normalized spacial score (nSPS) is 10.4. The predicted octanol–water partition coefficient (Wildman–Crippen LogP) is 7.09. The predicted molar refractivity (Wildman–Crippen MR) is 129 cm³/mol. The lowest BCUT2D eigenvalue weighted by molar-refractivity contribution is 0.102. The van der Waals surface area contributed by atoms with Gasteiger partial charge in [-0.2, -0.15) is 0 Å². The number of benzene rings is 3. The van der Waals surface area contributed by atoms with E-state index in [1.54, 1.807) is 18.2 Å². The largest absolute Gasteiger partial charge is 0.332 e. The first-order valence-electron chi connectivity index (χ1n) is 8.76. The highest BCUT2D eigenvalue weighted by Crippen LogP contribution is 2.26. The van der Waals surface area contributed by atoms with Crippen LogP contribution in [-0.2, 0) is 0 Å². The van der Waals surface area contributed by atoms with Crippen LogP contribution in [0.1, 0.15) is 15.9 Å². The Morgan fingerprint density at radius 1 is 0.931 bits per heavy atom. The van der Waals surface area contributed by atoms with Gasteiger partial charge < -0.3 is 10.6 Å². The van der Waals surface area contributed by atoms with Crippen molar-refractivity contribution in [3.05, 3.63) is 87.9 Å². The van der Waals surface area contributed by atoms with Crippen LogP contribution in [0.4, 0.5) is 11.4 Å². The number of halogens is 2. The number of nitrogens with one attached hydrogen (secondary N) is 2. The molecule has 0 radical (unpaired) electrons. The van der Waals surface area contributed by atoms with Crippen LogP contribution in [0.3, 0.4) is 0 Å². The van der Waals surface area contributed by atoms with Gasteiger partial charge in [-0.1, -0.05) is 47.0 Å². The van der Waals surface area contributed by atoms with Gasteiger partial charge in [-0.25, -0.2) is 0 Å². The fourth-order valence-corrected chi connectivity index (χ4v) is 3.88. The molecule has 3 aromatic carbocycles. The van der Waals surface area contributed by atoms with E-state index in [1.165, 1.54) is 17.3 Å². The molecule has 148 valence electrons. The van der Waals surface area contributed by atoms with Crippen molar-refractivity contribution in [1.82, 2.24) is 0 Å². The molecule has 0 aliphatic heterocycles. The Bertz CT molecular complexity index is 1040. The molecule has 0 heterocycles. The summed E-state index contributed by atoms with van der Waals surface area (Å²) in [6.07, 6.45) is 0. The summed E-state index contributed by atoms with van der Waals surface area (Å²) in [6.45, 7) is 2.04. The van der Waals surface area contributed by atoms with E-state index in [-0.39, 0.29) is 5.78 Å². The van der Waals surface area contributed by atoms with Gasteiger partial charge in [0.2, 0.25) is 0 Å². The fourth-order valence-electron chi connectivity index (χ4n) is 2.50. The molecule has 7 heteroatoms. The molecule has 0 aliphatic rings. The van der Waals surface area contributed by atoms with Crippen molar-refractivity contribution >= 4 is 69.5 Å². The first kappa shape index (κ1) is 21.7. The zero-order valence-corrected chi connectivity index (χ0v) is 18.7. The number of carbonyl (C=O) groups excluding carboxylic acids is 1. The van der Waals surface area contributed by atoms with Gasteiger partial charge in [0, 0.05) is 21.8 Å². The Labute approximate surface area is 189 Å². The third-order valence-corrected chi connectivity index (χ3v) is 5.95. The Kier molecular flexibility index (Phi) is 7.56.